The number of urea groups is 1. The molecule has 0 saturated carbocycles. The number of nitrogens with one attached hydrogen (secondary N) is 1. The van der Waals surface area contributed by atoms with Crippen LogP contribution in [-0.4, -0.2) is 37.6 Å². The number of carbonyl (C=O) groups is 1. The second kappa shape index (κ2) is 6.65. The van der Waals surface area contributed by atoms with Crippen molar-refractivity contribution in [2.75, 3.05) is 20.6 Å². The van der Waals surface area contributed by atoms with Crippen molar-refractivity contribution in [1.82, 2.24) is 10.2 Å². The highest BCUT2D eigenvalue weighted by Gasteiger charge is 2.14. The van der Waals surface area contributed by atoms with Gasteiger partial charge in [0.25, 0.3) is 0 Å². The molecule has 2 amide bonds. The molecule has 0 rings (SSSR count). The lowest BCUT2D eigenvalue weighted by atomic mass is 9.95. The summed E-state index contributed by atoms with van der Waals surface area (Å²) in [5.41, 5.74) is 5.95. The maximum Gasteiger partial charge on any atom is 0.316 e. The van der Waals surface area contributed by atoms with Crippen molar-refractivity contribution in [3.05, 3.63) is 0 Å². The van der Waals surface area contributed by atoms with Crippen molar-refractivity contribution in [1.29, 1.82) is 0 Å². The van der Waals surface area contributed by atoms with Gasteiger partial charge in [-0.25, -0.2) is 4.79 Å². The molecule has 0 aliphatic heterocycles. The molecule has 4 nitrogen and oxygen atoms in total. The van der Waals surface area contributed by atoms with E-state index in [2.05, 4.69) is 19.2 Å². The monoisotopic (exact) mass is 201 g/mol. The second-order valence-corrected chi connectivity index (χ2v) is 3.82. The quantitative estimate of drug-likeness (QED) is 0.697. The molecule has 0 aromatic rings. The zero-order chi connectivity index (χ0) is 11.1. The van der Waals surface area contributed by atoms with E-state index in [1.807, 2.05) is 0 Å². The van der Waals surface area contributed by atoms with Crippen molar-refractivity contribution in [3.8, 4) is 0 Å². The number of rotatable bonds is 5. The fraction of sp³-hybridized carbons (Fsp3) is 0.900. The van der Waals surface area contributed by atoms with Crippen LogP contribution in [0.3, 0.4) is 0 Å². The highest BCUT2D eigenvalue weighted by Crippen LogP contribution is 2.10. The van der Waals surface area contributed by atoms with Gasteiger partial charge in [0.05, 0.1) is 0 Å². The average Bonchev–Trinajstić information content (AvgIpc) is 2.15. The Morgan fingerprint density at radius 3 is 2.21 bits per heavy atom. The van der Waals surface area contributed by atoms with Crippen LogP contribution in [0, 0.1) is 5.92 Å². The molecule has 0 aliphatic carbocycles. The summed E-state index contributed by atoms with van der Waals surface area (Å²) >= 11 is 0. The van der Waals surface area contributed by atoms with Gasteiger partial charge in [-0.1, -0.05) is 26.7 Å². The normalized spacial score (nSPS) is 12.7. The van der Waals surface area contributed by atoms with E-state index in [0.717, 1.165) is 12.8 Å². The van der Waals surface area contributed by atoms with Crippen LogP contribution in [0.2, 0.25) is 0 Å². The molecular formula is C10H23N3O. The van der Waals surface area contributed by atoms with Gasteiger partial charge in [-0.2, -0.15) is 0 Å². The topological polar surface area (TPSA) is 58.4 Å². The van der Waals surface area contributed by atoms with E-state index in [0.29, 0.717) is 12.5 Å². The Kier molecular flexibility index (Phi) is 6.28. The van der Waals surface area contributed by atoms with Crippen molar-refractivity contribution in [2.24, 2.45) is 11.7 Å². The summed E-state index contributed by atoms with van der Waals surface area (Å²) in [5.74, 6) is 0.498. The van der Waals surface area contributed by atoms with Crippen molar-refractivity contribution in [2.45, 2.75) is 32.7 Å². The summed E-state index contributed by atoms with van der Waals surface area (Å²) in [4.78, 5) is 12.7. The Morgan fingerprint density at radius 1 is 1.36 bits per heavy atom. The maximum atomic E-state index is 11.2. The Morgan fingerprint density at radius 2 is 1.86 bits per heavy atom. The zero-order valence-electron chi connectivity index (χ0n) is 9.71. The molecule has 1 unspecified atom stereocenters. The van der Waals surface area contributed by atoms with Crippen molar-refractivity contribution in [3.63, 3.8) is 0 Å². The Labute approximate surface area is 86.8 Å². The molecular weight excluding hydrogens is 178 g/mol. The minimum Gasteiger partial charge on any atom is -0.336 e. The van der Waals surface area contributed by atoms with E-state index >= 15 is 0 Å². The maximum absolute atomic E-state index is 11.2. The van der Waals surface area contributed by atoms with Crippen LogP contribution >= 0.6 is 0 Å². The van der Waals surface area contributed by atoms with Crippen LogP contribution < -0.4 is 11.1 Å². The van der Waals surface area contributed by atoms with E-state index < -0.39 is 0 Å². The minimum absolute atomic E-state index is 0.0638. The SMILES string of the molecule is CCC(CC)C(N)CNC(=O)N(C)C. The fourth-order valence-electron chi connectivity index (χ4n) is 1.42. The van der Waals surface area contributed by atoms with E-state index in [9.17, 15) is 4.79 Å². The first-order valence-electron chi connectivity index (χ1n) is 5.23. The zero-order valence-corrected chi connectivity index (χ0v) is 9.71. The van der Waals surface area contributed by atoms with E-state index in [4.69, 9.17) is 5.73 Å². The van der Waals surface area contributed by atoms with Crippen LogP contribution in [0.5, 0.6) is 0 Å². The lowest BCUT2D eigenvalue weighted by Crippen LogP contribution is -2.44. The molecule has 84 valence electrons. The number of nitrogens with zero attached hydrogens (tertiary/aromatic N) is 1. The van der Waals surface area contributed by atoms with Gasteiger partial charge in [0, 0.05) is 26.7 Å². The molecule has 4 heteroatoms. The molecule has 0 radical (unpaired) electrons. The van der Waals surface area contributed by atoms with Crippen molar-refractivity contribution >= 4 is 6.03 Å². The first kappa shape index (κ1) is 13.2. The van der Waals surface area contributed by atoms with Crippen LogP contribution in [0.4, 0.5) is 4.79 Å². The summed E-state index contributed by atoms with van der Waals surface area (Å²) in [7, 11) is 3.44. The fourth-order valence-corrected chi connectivity index (χ4v) is 1.42. The van der Waals surface area contributed by atoms with E-state index in [1.54, 1.807) is 14.1 Å². The van der Waals surface area contributed by atoms with Gasteiger partial charge in [0.2, 0.25) is 0 Å². The predicted molar refractivity (Wildman–Crippen MR) is 59.1 cm³/mol. The molecule has 0 fully saturated rings. The summed E-state index contributed by atoms with van der Waals surface area (Å²) < 4.78 is 0. The molecule has 1 atom stereocenters. The third-order valence-corrected chi connectivity index (χ3v) is 2.55. The summed E-state index contributed by atoms with van der Waals surface area (Å²) in [5, 5.41) is 2.79. The Balaban J connectivity index is 3.83. The highest BCUT2D eigenvalue weighted by molar-refractivity contribution is 5.73. The highest BCUT2D eigenvalue weighted by atomic mass is 16.2. The molecule has 14 heavy (non-hydrogen) atoms. The van der Waals surface area contributed by atoms with Gasteiger partial charge >= 0.3 is 6.03 Å². The first-order chi connectivity index (χ1) is 6.52. The summed E-state index contributed by atoms with van der Waals surface area (Å²) in [6.45, 7) is 4.81. The first-order valence-corrected chi connectivity index (χ1v) is 5.23. The third kappa shape index (κ3) is 4.46. The second-order valence-electron chi connectivity index (χ2n) is 3.82. The van der Waals surface area contributed by atoms with E-state index in [1.165, 1.54) is 4.90 Å². The van der Waals surface area contributed by atoms with Crippen molar-refractivity contribution < 1.29 is 4.79 Å². The number of carbonyl (C=O) groups excluding carboxylic acids is 1. The number of hydrogen-bond acceptors (Lipinski definition) is 2. The standard InChI is InChI=1S/C10H23N3O/c1-5-8(6-2)9(11)7-12-10(14)13(3)4/h8-9H,5-7,11H2,1-4H3,(H,12,14). The predicted octanol–water partition coefficient (Wildman–Crippen LogP) is 1.02. The van der Waals surface area contributed by atoms with Gasteiger partial charge in [-0.15, -0.1) is 0 Å². The summed E-state index contributed by atoms with van der Waals surface area (Å²) in [6.07, 6.45) is 2.13. The van der Waals surface area contributed by atoms with Crippen LogP contribution in [0.15, 0.2) is 0 Å². The van der Waals surface area contributed by atoms with Crippen LogP contribution in [0.1, 0.15) is 26.7 Å². The lowest BCUT2D eigenvalue weighted by Gasteiger charge is -2.22. The Hall–Kier alpha value is -0.770. The number of nitrogens with two attached hydrogens (primary N) is 1. The molecule has 0 heterocycles. The van der Waals surface area contributed by atoms with Gasteiger partial charge in [-0.05, 0) is 5.92 Å². The largest absolute Gasteiger partial charge is 0.336 e. The smallest absolute Gasteiger partial charge is 0.316 e. The van der Waals surface area contributed by atoms with E-state index in [-0.39, 0.29) is 12.1 Å². The van der Waals surface area contributed by atoms with Gasteiger partial charge < -0.3 is 16.0 Å². The molecule has 0 spiro atoms. The molecule has 0 aromatic heterocycles. The third-order valence-electron chi connectivity index (χ3n) is 2.55. The molecule has 3 N–H and O–H groups in total. The molecule has 0 bridgehead atoms. The van der Waals surface area contributed by atoms with Crippen LogP contribution in [-0.2, 0) is 0 Å². The summed E-state index contributed by atoms with van der Waals surface area (Å²) in [6, 6.07) is -0.0136. The molecule has 0 aliphatic rings. The molecule has 0 aromatic carbocycles. The number of amides is 2. The Bertz CT molecular complexity index is 167. The van der Waals surface area contributed by atoms with Gasteiger partial charge in [0.15, 0.2) is 0 Å². The molecule has 0 saturated heterocycles. The number of hydrogen-bond donors (Lipinski definition) is 2. The van der Waals surface area contributed by atoms with Gasteiger partial charge in [0.1, 0.15) is 0 Å². The minimum atomic E-state index is -0.0774. The van der Waals surface area contributed by atoms with Crippen LogP contribution in [0.25, 0.3) is 0 Å². The van der Waals surface area contributed by atoms with Gasteiger partial charge in [-0.3, -0.25) is 0 Å². The lowest BCUT2D eigenvalue weighted by molar-refractivity contribution is 0.215. The average molecular weight is 201 g/mol.